The fourth-order valence-corrected chi connectivity index (χ4v) is 5.72. The zero-order valence-electron chi connectivity index (χ0n) is 14.8. The molecule has 9 heteroatoms. The summed E-state index contributed by atoms with van der Waals surface area (Å²) in [4.78, 5) is 16.1. The van der Waals surface area contributed by atoms with E-state index in [0.717, 1.165) is 32.1 Å². The van der Waals surface area contributed by atoms with Crippen LogP contribution in [0.5, 0.6) is 0 Å². The van der Waals surface area contributed by atoms with Crippen molar-refractivity contribution in [1.82, 2.24) is 19.8 Å². The summed E-state index contributed by atoms with van der Waals surface area (Å²) in [7, 11) is -3.32. The lowest BCUT2D eigenvalue weighted by atomic mass is 9.96. The zero-order chi connectivity index (χ0) is 18.1. The molecule has 1 aliphatic carbocycles. The molecule has 1 saturated heterocycles. The van der Waals surface area contributed by atoms with Crippen molar-refractivity contribution in [3.8, 4) is 0 Å². The molecule has 0 aromatic carbocycles. The highest BCUT2D eigenvalue weighted by Gasteiger charge is 2.43. The van der Waals surface area contributed by atoms with E-state index in [9.17, 15) is 13.2 Å². The number of hydrogen-bond acceptors (Lipinski definition) is 6. The molecule has 1 saturated carbocycles. The maximum absolute atomic E-state index is 12.5. The van der Waals surface area contributed by atoms with Gasteiger partial charge in [0.05, 0.1) is 5.75 Å². The Kier molecular flexibility index (Phi) is 5.15. The number of carbonyl (C=O) groups is 1. The van der Waals surface area contributed by atoms with Crippen LogP contribution >= 0.6 is 0 Å². The SMILES string of the molecule is CCCS(=O)(=O)N1CCCC1c1nc(C2(NC(C)=O)CCCC2)no1. The summed E-state index contributed by atoms with van der Waals surface area (Å²) >= 11 is 0. The summed E-state index contributed by atoms with van der Waals surface area (Å²) in [6.45, 7) is 3.82. The van der Waals surface area contributed by atoms with E-state index >= 15 is 0 Å². The van der Waals surface area contributed by atoms with Crippen LogP contribution in [0.1, 0.15) is 76.6 Å². The number of aromatic nitrogens is 2. The summed E-state index contributed by atoms with van der Waals surface area (Å²) < 4.78 is 31.9. The monoisotopic (exact) mass is 370 g/mol. The van der Waals surface area contributed by atoms with E-state index < -0.39 is 21.6 Å². The first kappa shape index (κ1) is 18.3. The Morgan fingerprint density at radius 2 is 2.08 bits per heavy atom. The van der Waals surface area contributed by atoms with Crippen LogP contribution in [0.2, 0.25) is 0 Å². The molecular weight excluding hydrogens is 344 g/mol. The van der Waals surface area contributed by atoms with Gasteiger partial charge in [0, 0.05) is 13.5 Å². The minimum absolute atomic E-state index is 0.124. The fraction of sp³-hybridized carbons (Fsp3) is 0.812. The molecule has 0 radical (unpaired) electrons. The first-order valence-corrected chi connectivity index (χ1v) is 10.6. The number of rotatable bonds is 6. The minimum atomic E-state index is -3.32. The number of nitrogens with one attached hydrogen (secondary N) is 1. The molecule has 1 amide bonds. The molecule has 8 nitrogen and oxygen atoms in total. The van der Waals surface area contributed by atoms with Crippen molar-refractivity contribution in [2.75, 3.05) is 12.3 Å². The van der Waals surface area contributed by atoms with Crippen molar-refractivity contribution in [3.05, 3.63) is 11.7 Å². The van der Waals surface area contributed by atoms with Gasteiger partial charge in [-0.25, -0.2) is 8.42 Å². The van der Waals surface area contributed by atoms with Crippen LogP contribution in [-0.4, -0.2) is 41.1 Å². The second-order valence-corrected chi connectivity index (χ2v) is 9.05. The molecular formula is C16H26N4O4S. The van der Waals surface area contributed by atoms with Gasteiger partial charge in [0.2, 0.25) is 21.8 Å². The molecule has 1 N–H and O–H groups in total. The van der Waals surface area contributed by atoms with E-state index in [0.29, 0.717) is 31.1 Å². The van der Waals surface area contributed by atoms with Crippen LogP contribution in [0.25, 0.3) is 0 Å². The number of hydrogen-bond donors (Lipinski definition) is 1. The van der Waals surface area contributed by atoms with Gasteiger partial charge in [-0.1, -0.05) is 24.9 Å². The van der Waals surface area contributed by atoms with Gasteiger partial charge in [-0.15, -0.1) is 0 Å². The van der Waals surface area contributed by atoms with Crippen molar-refractivity contribution in [3.63, 3.8) is 0 Å². The van der Waals surface area contributed by atoms with Crippen molar-refractivity contribution in [2.24, 2.45) is 0 Å². The predicted molar refractivity (Wildman–Crippen MR) is 91.0 cm³/mol. The second-order valence-electron chi connectivity index (χ2n) is 7.01. The molecule has 25 heavy (non-hydrogen) atoms. The summed E-state index contributed by atoms with van der Waals surface area (Å²) in [6.07, 6.45) is 5.56. The largest absolute Gasteiger partial charge is 0.343 e. The molecule has 1 unspecified atom stereocenters. The molecule has 1 aromatic heterocycles. The zero-order valence-corrected chi connectivity index (χ0v) is 15.6. The Morgan fingerprint density at radius 1 is 1.36 bits per heavy atom. The van der Waals surface area contributed by atoms with Gasteiger partial charge in [0.15, 0.2) is 5.82 Å². The van der Waals surface area contributed by atoms with Crippen molar-refractivity contribution >= 4 is 15.9 Å². The summed E-state index contributed by atoms with van der Waals surface area (Å²) in [5, 5.41) is 7.09. The lowest BCUT2D eigenvalue weighted by Crippen LogP contribution is -2.43. The normalized spacial score (nSPS) is 23.8. The Bertz CT molecular complexity index is 724. The second kappa shape index (κ2) is 7.03. The number of nitrogens with zero attached hydrogens (tertiary/aromatic N) is 3. The van der Waals surface area contributed by atoms with Crippen LogP contribution in [0.4, 0.5) is 0 Å². The molecule has 3 rings (SSSR count). The Hall–Kier alpha value is -1.48. The van der Waals surface area contributed by atoms with E-state index in [-0.39, 0.29) is 11.7 Å². The van der Waals surface area contributed by atoms with Gasteiger partial charge >= 0.3 is 0 Å². The van der Waals surface area contributed by atoms with Gasteiger partial charge in [0.25, 0.3) is 0 Å². The fourth-order valence-electron chi connectivity index (χ4n) is 3.98. The van der Waals surface area contributed by atoms with Crippen molar-refractivity contribution in [1.29, 1.82) is 0 Å². The van der Waals surface area contributed by atoms with Crippen molar-refractivity contribution in [2.45, 2.75) is 70.4 Å². The highest BCUT2D eigenvalue weighted by Crippen LogP contribution is 2.39. The third-order valence-electron chi connectivity index (χ3n) is 5.05. The summed E-state index contributed by atoms with van der Waals surface area (Å²) in [5.41, 5.74) is -0.584. The minimum Gasteiger partial charge on any atom is -0.343 e. The quantitative estimate of drug-likeness (QED) is 0.819. The van der Waals surface area contributed by atoms with Crippen LogP contribution in [-0.2, 0) is 20.4 Å². The molecule has 0 spiro atoms. The molecule has 0 bridgehead atoms. The molecule has 1 aliphatic heterocycles. The molecule has 2 fully saturated rings. The Morgan fingerprint density at radius 3 is 2.72 bits per heavy atom. The lowest BCUT2D eigenvalue weighted by Gasteiger charge is -2.26. The van der Waals surface area contributed by atoms with Crippen LogP contribution in [0.3, 0.4) is 0 Å². The Balaban J connectivity index is 1.86. The summed E-state index contributed by atoms with van der Waals surface area (Å²) in [6, 6.07) is -0.395. The molecule has 2 heterocycles. The van der Waals surface area contributed by atoms with Crippen LogP contribution in [0.15, 0.2) is 4.52 Å². The van der Waals surface area contributed by atoms with Gasteiger partial charge in [-0.2, -0.15) is 9.29 Å². The highest BCUT2D eigenvalue weighted by molar-refractivity contribution is 7.89. The van der Waals surface area contributed by atoms with E-state index in [1.165, 1.54) is 11.2 Å². The third kappa shape index (κ3) is 3.57. The van der Waals surface area contributed by atoms with Gasteiger partial charge in [-0.05, 0) is 32.1 Å². The molecule has 1 atom stereocenters. The first-order chi connectivity index (χ1) is 11.9. The highest BCUT2D eigenvalue weighted by atomic mass is 32.2. The maximum Gasteiger partial charge on any atom is 0.245 e. The van der Waals surface area contributed by atoms with Gasteiger partial charge < -0.3 is 9.84 Å². The van der Waals surface area contributed by atoms with Crippen LogP contribution in [0, 0.1) is 0 Å². The number of sulfonamides is 1. The van der Waals surface area contributed by atoms with E-state index in [1.807, 2.05) is 6.92 Å². The van der Waals surface area contributed by atoms with E-state index in [4.69, 9.17) is 4.52 Å². The van der Waals surface area contributed by atoms with Gasteiger partial charge in [-0.3, -0.25) is 4.79 Å². The van der Waals surface area contributed by atoms with Crippen LogP contribution < -0.4 is 5.32 Å². The maximum atomic E-state index is 12.5. The van der Waals surface area contributed by atoms with Crippen molar-refractivity contribution < 1.29 is 17.7 Å². The molecule has 2 aliphatic rings. The predicted octanol–water partition coefficient (Wildman–Crippen LogP) is 1.85. The number of amides is 1. The average molecular weight is 370 g/mol. The van der Waals surface area contributed by atoms with E-state index in [1.54, 1.807) is 0 Å². The topological polar surface area (TPSA) is 105 Å². The number of carbonyl (C=O) groups excluding carboxylic acids is 1. The summed E-state index contributed by atoms with van der Waals surface area (Å²) in [5.74, 6) is 0.806. The average Bonchev–Trinajstić information content (AvgIpc) is 3.26. The Labute approximate surface area is 148 Å². The smallest absolute Gasteiger partial charge is 0.245 e. The first-order valence-electron chi connectivity index (χ1n) is 9.00. The lowest BCUT2D eigenvalue weighted by molar-refractivity contribution is -0.121. The molecule has 1 aromatic rings. The standard InChI is InChI=1S/C16H26N4O4S/c1-3-11-25(22,23)20-10-6-7-13(20)14-17-15(19-24-14)16(18-12(2)21)8-4-5-9-16/h13H,3-11H2,1-2H3,(H,18,21). The van der Waals surface area contributed by atoms with Gasteiger partial charge in [0.1, 0.15) is 11.6 Å². The molecule has 140 valence electrons. The third-order valence-corrected chi connectivity index (χ3v) is 7.13. The van der Waals surface area contributed by atoms with E-state index in [2.05, 4.69) is 15.5 Å².